The lowest BCUT2D eigenvalue weighted by Crippen LogP contribution is -2.30. The highest BCUT2D eigenvalue weighted by molar-refractivity contribution is 7.14. The molecule has 2 aromatic heterocycles. The molecule has 0 aliphatic heterocycles. The summed E-state index contributed by atoms with van der Waals surface area (Å²) < 4.78 is 4.85. The Morgan fingerprint density at radius 3 is 2.76 bits per heavy atom. The molecule has 2 rings (SSSR count). The number of carbonyl (C=O) groups excluding carboxylic acids is 2. The molecular weight excluding hydrogens is 384 g/mol. The molecule has 2 heterocycles. The zero-order chi connectivity index (χ0) is 17.4. The average Bonchev–Trinajstić information content (AvgIpc) is 3.18. The molecule has 25 heavy (non-hydrogen) atoms. The van der Waals surface area contributed by atoms with E-state index >= 15 is 0 Å². The quantitative estimate of drug-likeness (QED) is 0.271. The van der Waals surface area contributed by atoms with Crippen molar-refractivity contribution in [3.63, 3.8) is 0 Å². The molecule has 10 heteroatoms. The molecule has 0 bridgehead atoms. The maximum Gasteiger partial charge on any atom is 0.421 e. The predicted octanol–water partition coefficient (Wildman–Crippen LogP) is 2.90. The zero-order valence-electron chi connectivity index (χ0n) is 13.7. The van der Waals surface area contributed by atoms with Crippen LogP contribution in [-0.2, 0) is 28.8 Å². The Labute approximate surface area is 160 Å². The fraction of sp³-hybridized carbons (Fsp3) is 0.400. The van der Waals surface area contributed by atoms with Gasteiger partial charge in [-0.1, -0.05) is 0 Å². The molecule has 0 unspecified atom stereocenters. The number of amides is 2. The number of aryl methyl sites for hydroxylation is 3. The number of nitrogens with two attached hydrogens (primary N) is 1. The van der Waals surface area contributed by atoms with Crippen molar-refractivity contribution in [2.24, 2.45) is 5.84 Å². The third kappa shape index (κ3) is 7.82. The molecule has 0 saturated heterocycles. The summed E-state index contributed by atoms with van der Waals surface area (Å²) in [7, 11) is 0. The van der Waals surface area contributed by atoms with Crippen molar-refractivity contribution in [1.82, 2.24) is 10.4 Å². The Hall–Kier alpha value is -1.68. The summed E-state index contributed by atoms with van der Waals surface area (Å²) in [5.41, 5.74) is 4.15. The number of anilines is 1. The molecule has 0 spiro atoms. The van der Waals surface area contributed by atoms with Crippen LogP contribution in [0.2, 0.25) is 0 Å². The standard InChI is InChI=1S/C15H20N4O3S2.ClH/c1-10(20)17-14-18-12(9-24-14)4-5-13-7-11(8-23-13)3-2-6-22-15(21)19-16;/h7-9H,2-6,16H2,1H3,(H,19,21)(H,17,18,20);1H. The molecule has 0 saturated carbocycles. The third-order valence-electron chi connectivity index (χ3n) is 3.13. The van der Waals surface area contributed by atoms with Crippen LogP contribution in [0.25, 0.3) is 0 Å². The van der Waals surface area contributed by atoms with E-state index in [9.17, 15) is 9.59 Å². The zero-order valence-corrected chi connectivity index (χ0v) is 16.2. The number of aromatic nitrogens is 1. The number of hydrogen-bond donors (Lipinski definition) is 3. The van der Waals surface area contributed by atoms with Crippen molar-refractivity contribution < 1.29 is 14.3 Å². The lowest BCUT2D eigenvalue weighted by Gasteiger charge is -2.02. The van der Waals surface area contributed by atoms with Gasteiger partial charge in [0.25, 0.3) is 0 Å². The number of hydrogen-bond acceptors (Lipinski definition) is 7. The van der Waals surface area contributed by atoms with E-state index in [2.05, 4.69) is 21.7 Å². The van der Waals surface area contributed by atoms with Gasteiger partial charge in [-0.05, 0) is 42.7 Å². The van der Waals surface area contributed by atoms with Crippen molar-refractivity contribution in [2.45, 2.75) is 32.6 Å². The van der Waals surface area contributed by atoms with Crippen molar-refractivity contribution in [1.29, 1.82) is 0 Å². The second-order valence-electron chi connectivity index (χ2n) is 5.13. The van der Waals surface area contributed by atoms with Crippen molar-refractivity contribution in [3.05, 3.63) is 33.0 Å². The smallest absolute Gasteiger partial charge is 0.421 e. The maximum absolute atomic E-state index is 11.0. The summed E-state index contributed by atoms with van der Waals surface area (Å²) >= 11 is 3.16. The van der Waals surface area contributed by atoms with E-state index in [1.54, 1.807) is 11.3 Å². The van der Waals surface area contributed by atoms with Crippen LogP contribution < -0.4 is 16.6 Å². The number of halogens is 1. The van der Waals surface area contributed by atoms with Gasteiger partial charge in [-0.15, -0.1) is 35.1 Å². The Bertz CT molecular complexity index is 690. The number of ether oxygens (including phenoxy) is 1. The molecule has 0 fully saturated rings. The second-order valence-corrected chi connectivity index (χ2v) is 6.98. The highest BCUT2D eigenvalue weighted by Crippen LogP contribution is 2.20. The molecule has 138 valence electrons. The molecule has 0 radical (unpaired) electrons. The van der Waals surface area contributed by atoms with Crippen LogP contribution >= 0.6 is 35.1 Å². The van der Waals surface area contributed by atoms with E-state index in [0.717, 1.165) is 31.4 Å². The third-order valence-corrected chi connectivity index (χ3v) is 4.98. The Morgan fingerprint density at radius 2 is 2.04 bits per heavy atom. The minimum Gasteiger partial charge on any atom is -0.449 e. The summed E-state index contributed by atoms with van der Waals surface area (Å²) in [5, 5.41) is 7.43. The summed E-state index contributed by atoms with van der Waals surface area (Å²) in [5.74, 6) is 4.82. The fourth-order valence-electron chi connectivity index (χ4n) is 2.05. The van der Waals surface area contributed by atoms with Crippen molar-refractivity contribution >= 4 is 52.2 Å². The molecular formula is C15H21ClN4O3S2. The molecule has 4 N–H and O–H groups in total. The van der Waals surface area contributed by atoms with Gasteiger partial charge in [0.1, 0.15) is 0 Å². The first kappa shape index (κ1) is 21.4. The van der Waals surface area contributed by atoms with Crippen LogP contribution in [0.3, 0.4) is 0 Å². The van der Waals surface area contributed by atoms with Gasteiger partial charge in [0.05, 0.1) is 12.3 Å². The van der Waals surface area contributed by atoms with Gasteiger partial charge in [0.2, 0.25) is 5.91 Å². The SMILES string of the molecule is CC(=O)Nc1nc(CCc2cc(CCCOC(=O)NN)cs2)cs1.Cl. The van der Waals surface area contributed by atoms with Crippen molar-refractivity contribution in [2.75, 3.05) is 11.9 Å². The average molecular weight is 405 g/mol. The van der Waals surface area contributed by atoms with Crippen LogP contribution in [0, 0.1) is 0 Å². The second kappa shape index (κ2) is 11.0. The van der Waals surface area contributed by atoms with E-state index in [4.69, 9.17) is 10.6 Å². The number of thiophene rings is 1. The van der Waals surface area contributed by atoms with E-state index in [-0.39, 0.29) is 18.3 Å². The first-order valence-electron chi connectivity index (χ1n) is 7.48. The van der Waals surface area contributed by atoms with Gasteiger partial charge in [0.15, 0.2) is 5.13 Å². The summed E-state index contributed by atoms with van der Waals surface area (Å²) in [6, 6.07) is 2.18. The minimum atomic E-state index is -0.608. The molecule has 7 nitrogen and oxygen atoms in total. The Kier molecular flexibility index (Phi) is 9.43. The number of nitrogens with zero attached hydrogens (tertiary/aromatic N) is 1. The molecule has 0 atom stereocenters. The fourth-order valence-corrected chi connectivity index (χ4v) is 3.77. The number of hydrazine groups is 1. The first-order valence-corrected chi connectivity index (χ1v) is 9.24. The van der Waals surface area contributed by atoms with E-state index in [1.807, 2.05) is 10.8 Å². The number of carbonyl (C=O) groups is 2. The van der Waals surface area contributed by atoms with Gasteiger partial charge in [0, 0.05) is 17.2 Å². The van der Waals surface area contributed by atoms with Gasteiger partial charge in [-0.25, -0.2) is 15.6 Å². The monoisotopic (exact) mass is 404 g/mol. The van der Waals surface area contributed by atoms with E-state index < -0.39 is 6.09 Å². The normalized spacial score (nSPS) is 10.0. The maximum atomic E-state index is 11.0. The number of nitrogens with one attached hydrogen (secondary N) is 2. The highest BCUT2D eigenvalue weighted by Gasteiger charge is 2.06. The topological polar surface area (TPSA) is 106 Å². The van der Waals surface area contributed by atoms with Gasteiger partial charge in [-0.3, -0.25) is 10.2 Å². The molecule has 0 aromatic carbocycles. The van der Waals surface area contributed by atoms with Crippen LogP contribution in [0.5, 0.6) is 0 Å². The van der Waals surface area contributed by atoms with E-state index in [0.29, 0.717) is 11.7 Å². The molecule has 0 aliphatic rings. The Balaban J connectivity index is 0.00000312. The minimum absolute atomic E-state index is 0. The first-order chi connectivity index (χ1) is 11.6. The van der Waals surface area contributed by atoms with Crippen LogP contribution in [0.1, 0.15) is 29.5 Å². The lowest BCUT2D eigenvalue weighted by atomic mass is 10.1. The lowest BCUT2D eigenvalue weighted by molar-refractivity contribution is -0.114. The summed E-state index contributed by atoms with van der Waals surface area (Å²) in [6.45, 7) is 1.82. The number of rotatable bonds is 8. The molecule has 2 amide bonds. The largest absolute Gasteiger partial charge is 0.449 e. The van der Waals surface area contributed by atoms with Gasteiger partial charge in [-0.2, -0.15) is 0 Å². The highest BCUT2D eigenvalue weighted by atomic mass is 35.5. The predicted molar refractivity (Wildman–Crippen MR) is 102 cm³/mol. The van der Waals surface area contributed by atoms with Crippen LogP contribution in [0.4, 0.5) is 9.93 Å². The summed E-state index contributed by atoms with van der Waals surface area (Å²) in [6.07, 6.45) is 2.77. The van der Waals surface area contributed by atoms with Crippen molar-refractivity contribution in [3.8, 4) is 0 Å². The Morgan fingerprint density at radius 1 is 1.24 bits per heavy atom. The van der Waals surface area contributed by atoms with Gasteiger partial charge >= 0.3 is 6.09 Å². The van der Waals surface area contributed by atoms with Crippen LogP contribution in [0.15, 0.2) is 16.8 Å². The van der Waals surface area contributed by atoms with E-state index in [1.165, 1.54) is 28.7 Å². The number of thiazole rings is 1. The molecule has 2 aromatic rings. The van der Waals surface area contributed by atoms with Gasteiger partial charge < -0.3 is 10.1 Å². The van der Waals surface area contributed by atoms with Crippen LogP contribution in [-0.4, -0.2) is 23.6 Å². The summed E-state index contributed by atoms with van der Waals surface area (Å²) in [4.78, 5) is 27.5. The molecule has 0 aliphatic carbocycles.